The first-order valence-corrected chi connectivity index (χ1v) is 5.74. The van der Waals surface area contributed by atoms with Gasteiger partial charge in [0.1, 0.15) is 0 Å². The van der Waals surface area contributed by atoms with Gasteiger partial charge in [-0.3, -0.25) is 0 Å². The zero-order valence-electron chi connectivity index (χ0n) is 8.52. The summed E-state index contributed by atoms with van der Waals surface area (Å²) in [6.07, 6.45) is 13.5. The largest absolute Gasteiger partial charge is 0.0956 e. The van der Waals surface area contributed by atoms with E-state index in [4.69, 9.17) is 0 Å². The van der Waals surface area contributed by atoms with Crippen LogP contribution in [0.1, 0.15) is 51.4 Å². The van der Waals surface area contributed by atoms with E-state index in [1.165, 1.54) is 56.9 Å². The molecule has 0 aromatic heterocycles. The molecule has 0 radical (unpaired) electrons. The van der Waals surface area contributed by atoms with Gasteiger partial charge in [-0.25, -0.2) is 0 Å². The fraction of sp³-hybridized carbons (Fsp3) is 0.692. The lowest BCUT2D eigenvalue weighted by Crippen LogP contribution is -1.94. The van der Waals surface area contributed by atoms with Crippen molar-refractivity contribution in [1.82, 2.24) is 0 Å². The van der Waals surface area contributed by atoms with E-state index < -0.39 is 0 Å². The summed E-state index contributed by atoms with van der Waals surface area (Å²) in [4.78, 5) is 0. The van der Waals surface area contributed by atoms with E-state index in [1.54, 1.807) is 5.57 Å². The lowest BCUT2D eigenvalue weighted by atomic mass is 9.96. The summed E-state index contributed by atoms with van der Waals surface area (Å²) in [5, 5.41) is 0. The summed E-state index contributed by atoms with van der Waals surface area (Å²) < 4.78 is 0. The third-order valence-electron chi connectivity index (χ3n) is 3.51. The summed E-state index contributed by atoms with van der Waals surface area (Å²) in [5.74, 6) is 0.827. The monoisotopic (exact) mass is 176 g/mol. The minimum absolute atomic E-state index is 0.827. The molecule has 0 atom stereocenters. The Bertz CT molecular complexity index is 208. The maximum absolute atomic E-state index is 4.22. The molecule has 0 bridgehead atoms. The number of rotatable bonds is 2. The molecule has 72 valence electrons. The van der Waals surface area contributed by atoms with Crippen molar-refractivity contribution in [3.63, 3.8) is 0 Å². The van der Waals surface area contributed by atoms with Crippen molar-refractivity contribution in [2.24, 2.45) is 5.92 Å². The second-order valence-electron chi connectivity index (χ2n) is 4.57. The van der Waals surface area contributed by atoms with E-state index in [9.17, 15) is 0 Å². The number of hydrogen-bond donors (Lipinski definition) is 0. The highest BCUT2D eigenvalue weighted by atomic mass is 14.2. The van der Waals surface area contributed by atoms with Crippen molar-refractivity contribution in [2.45, 2.75) is 51.4 Å². The zero-order valence-corrected chi connectivity index (χ0v) is 8.52. The Kier molecular flexibility index (Phi) is 2.87. The average Bonchev–Trinajstić information content (AvgIpc) is 2.74. The molecule has 0 nitrogen and oxygen atoms in total. The van der Waals surface area contributed by atoms with Crippen molar-refractivity contribution >= 4 is 0 Å². The van der Waals surface area contributed by atoms with Crippen molar-refractivity contribution in [3.05, 3.63) is 23.8 Å². The molecular weight excluding hydrogens is 156 g/mol. The molecule has 2 rings (SSSR count). The molecule has 2 aliphatic rings. The molecule has 0 aromatic carbocycles. The predicted molar refractivity (Wildman–Crippen MR) is 57.6 cm³/mol. The van der Waals surface area contributed by atoms with E-state index in [0.29, 0.717) is 0 Å². The first-order valence-electron chi connectivity index (χ1n) is 5.74. The van der Waals surface area contributed by atoms with Crippen LogP contribution in [0.4, 0.5) is 0 Å². The Balaban J connectivity index is 1.92. The van der Waals surface area contributed by atoms with Gasteiger partial charge in [-0.1, -0.05) is 36.6 Å². The maximum atomic E-state index is 4.22. The van der Waals surface area contributed by atoms with E-state index >= 15 is 0 Å². The SMILES string of the molecule is C=C(C=C1CCCC1)C1CCCC1. The molecule has 13 heavy (non-hydrogen) atoms. The van der Waals surface area contributed by atoms with Crippen molar-refractivity contribution in [1.29, 1.82) is 0 Å². The van der Waals surface area contributed by atoms with E-state index in [-0.39, 0.29) is 0 Å². The number of allylic oxidation sites excluding steroid dienone is 3. The minimum Gasteiger partial charge on any atom is -0.0956 e. The topological polar surface area (TPSA) is 0 Å². The van der Waals surface area contributed by atoms with Crippen molar-refractivity contribution in [3.8, 4) is 0 Å². The zero-order chi connectivity index (χ0) is 9.10. The van der Waals surface area contributed by atoms with Crippen LogP contribution < -0.4 is 0 Å². The van der Waals surface area contributed by atoms with Crippen molar-refractivity contribution < 1.29 is 0 Å². The van der Waals surface area contributed by atoms with Crippen LogP contribution in [0.2, 0.25) is 0 Å². The summed E-state index contributed by atoms with van der Waals surface area (Å²) in [6, 6.07) is 0. The fourth-order valence-corrected chi connectivity index (χ4v) is 2.65. The first kappa shape index (κ1) is 9.05. The van der Waals surface area contributed by atoms with Crippen LogP contribution in [-0.2, 0) is 0 Å². The summed E-state index contributed by atoms with van der Waals surface area (Å²) in [7, 11) is 0. The summed E-state index contributed by atoms with van der Waals surface area (Å²) in [6.45, 7) is 4.22. The van der Waals surface area contributed by atoms with E-state index in [2.05, 4.69) is 12.7 Å². The Hall–Kier alpha value is -0.520. The van der Waals surface area contributed by atoms with Crippen LogP contribution in [0.5, 0.6) is 0 Å². The smallest absolute Gasteiger partial charge is 0.0168 e. The normalized spacial score (nSPS) is 23.8. The van der Waals surface area contributed by atoms with Gasteiger partial charge in [0.05, 0.1) is 0 Å². The first-order chi connectivity index (χ1) is 6.36. The van der Waals surface area contributed by atoms with E-state index in [1.807, 2.05) is 0 Å². The Morgan fingerprint density at radius 2 is 1.69 bits per heavy atom. The molecule has 0 aliphatic heterocycles. The maximum Gasteiger partial charge on any atom is -0.0168 e. The molecule has 2 aliphatic carbocycles. The molecule has 0 amide bonds. The van der Waals surface area contributed by atoms with Crippen LogP contribution in [0, 0.1) is 5.92 Å². The highest BCUT2D eigenvalue weighted by molar-refractivity contribution is 5.25. The lowest BCUT2D eigenvalue weighted by Gasteiger charge is -2.09. The van der Waals surface area contributed by atoms with Gasteiger partial charge in [-0.05, 0) is 44.4 Å². The van der Waals surface area contributed by atoms with Crippen LogP contribution in [0.25, 0.3) is 0 Å². The van der Waals surface area contributed by atoms with Gasteiger partial charge in [-0.15, -0.1) is 0 Å². The van der Waals surface area contributed by atoms with Crippen LogP contribution in [0.15, 0.2) is 23.8 Å². The average molecular weight is 176 g/mol. The molecule has 0 heteroatoms. The van der Waals surface area contributed by atoms with Gasteiger partial charge in [-0.2, -0.15) is 0 Å². The van der Waals surface area contributed by atoms with Crippen molar-refractivity contribution in [2.75, 3.05) is 0 Å². The standard InChI is InChI=1S/C13H20/c1-11(13-8-4-5-9-13)10-12-6-2-3-7-12/h10,13H,1-9H2. The number of hydrogen-bond acceptors (Lipinski definition) is 0. The van der Waals surface area contributed by atoms with Crippen LogP contribution >= 0.6 is 0 Å². The summed E-state index contributed by atoms with van der Waals surface area (Å²) in [5.41, 5.74) is 3.09. The predicted octanol–water partition coefficient (Wildman–Crippen LogP) is 4.23. The third kappa shape index (κ3) is 2.24. The second-order valence-corrected chi connectivity index (χ2v) is 4.57. The van der Waals surface area contributed by atoms with Gasteiger partial charge in [0.25, 0.3) is 0 Å². The molecule has 0 aromatic rings. The quantitative estimate of drug-likeness (QED) is 0.590. The molecule has 2 saturated carbocycles. The Morgan fingerprint density at radius 1 is 1.08 bits per heavy atom. The molecule has 0 heterocycles. The van der Waals surface area contributed by atoms with Gasteiger partial charge < -0.3 is 0 Å². The second kappa shape index (κ2) is 4.13. The molecule has 0 saturated heterocycles. The van der Waals surface area contributed by atoms with Crippen LogP contribution in [-0.4, -0.2) is 0 Å². The molecule has 0 unspecified atom stereocenters. The molecule has 2 fully saturated rings. The van der Waals surface area contributed by atoms with Gasteiger partial charge >= 0.3 is 0 Å². The molecule has 0 N–H and O–H groups in total. The van der Waals surface area contributed by atoms with Gasteiger partial charge in [0, 0.05) is 0 Å². The van der Waals surface area contributed by atoms with Crippen LogP contribution in [0.3, 0.4) is 0 Å². The fourth-order valence-electron chi connectivity index (χ4n) is 2.65. The van der Waals surface area contributed by atoms with Gasteiger partial charge in [0.15, 0.2) is 0 Å². The Morgan fingerprint density at radius 3 is 2.31 bits per heavy atom. The highest BCUT2D eigenvalue weighted by Crippen LogP contribution is 2.33. The molecular formula is C13H20. The van der Waals surface area contributed by atoms with E-state index in [0.717, 1.165) is 5.92 Å². The minimum atomic E-state index is 0.827. The Labute approximate surface area is 81.7 Å². The lowest BCUT2D eigenvalue weighted by molar-refractivity contribution is 0.658. The highest BCUT2D eigenvalue weighted by Gasteiger charge is 2.17. The summed E-state index contributed by atoms with van der Waals surface area (Å²) >= 11 is 0. The third-order valence-corrected chi connectivity index (χ3v) is 3.51. The molecule has 0 spiro atoms. The van der Waals surface area contributed by atoms with Gasteiger partial charge in [0.2, 0.25) is 0 Å².